The Hall–Kier alpha value is -0.910. The summed E-state index contributed by atoms with van der Waals surface area (Å²) in [7, 11) is 0. The zero-order valence-electron chi connectivity index (χ0n) is 10.6. The van der Waals surface area contributed by atoms with Gasteiger partial charge >= 0.3 is 0 Å². The second-order valence-corrected chi connectivity index (χ2v) is 5.51. The molecule has 0 atom stereocenters. The van der Waals surface area contributed by atoms with Gasteiger partial charge in [0.1, 0.15) is 0 Å². The normalized spacial score (nSPS) is 17.4. The van der Waals surface area contributed by atoms with Gasteiger partial charge in [0, 0.05) is 37.1 Å². The number of nitrogens with zero attached hydrogens (tertiary/aromatic N) is 2. The molecule has 0 radical (unpaired) electrons. The summed E-state index contributed by atoms with van der Waals surface area (Å²) in [6.07, 6.45) is 0. The van der Waals surface area contributed by atoms with Crippen LogP contribution in [0.1, 0.15) is 13.8 Å². The molecule has 1 heterocycles. The minimum Gasteiger partial charge on any atom is -0.370 e. The molecule has 1 aliphatic rings. The highest BCUT2D eigenvalue weighted by Crippen LogP contribution is 2.08. The number of guanidine groups is 1. The lowest BCUT2D eigenvalue weighted by Crippen LogP contribution is -2.43. The monoisotopic (exact) mass is 258 g/mol. The molecule has 6 heteroatoms. The smallest absolute Gasteiger partial charge is 0.222 e. The maximum atomic E-state index is 11.3. The van der Waals surface area contributed by atoms with Crippen LogP contribution < -0.4 is 11.1 Å². The topological polar surface area (TPSA) is 70.7 Å². The van der Waals surface area contributed by atoms with Crippen LogP contribution >= 0.6 is 11.8 Å². The van der Waals surface area contributed by atoms with Crippen LogP contribution in [0.25, 0.3) is 0 Å². The molecule has 0 spiro atoms. The molecule has 0 saturated carbocycles. The average Bonchev–Trinajstić information content (AvgIpc) is 2.35. The molecule has 0 aromatic heterocycles. The number of aliphatic imine (C=N–C) groups is 1. The molecular formula is C11H22N4OS. The van der Waals surface area contributed by atoms with Gasteiger partial charge in [-0.2, -0.15) is 11.8 Å². The Kier molecular flexibility index (Phi) is 6.18. The Morgan fingerprint density at radius 1 is 1.47 bits per heavy atom. The SMILES string of the molecule is CC(C)C(=O)NCCN=C(N)N1CCSCC1. The molecule has 0 aliphatic carbocycles. The summed E-state index contributed by atoms with van der Waals surface area (Å²) in [5.41, 5.74) is 5.88. The molecule has 5 nitrogen and oxygen atoms in total. The lowest BCUT2D eigenvalue weighted by atomic mass is 10.2. The van der Waals surface area contributed by atoms with E-state index < -0.39 is 0 Å². The molecule has 0 unspecified atom stereocenters. The van der Waals surface area contributed by atoms with E-state index in [9.17, 15) is 4.79 Å². The van der Waals surface area contributed by atoms with E-state index >= 15 is 0 Å². The second kappa shape index (κ2) is 7.42. The van der Waals surface area contributed by atoms with Crippen LogP contribution in [0.5, 0.6) is 0 Å². The fourth-order valence-corrected chi connectivity index (χ4v) is 2.35. The van der Waals surface area contributed by atoms with Gasteiger partial charge in [0.15, 0.2) is 5.96 Å². The summed E-state index contributed by atoms with van der Waals surface area (Å²) in [5.74, 6) is 2.91. The molecule has 1 rings (SSSR count). The fourth-order valence-electron chi connectivity index (χ4n) is 1.45. The standard InChI is InChI=1S/C11H22N4OS/c1-9(2)10(16)13-3-4-14-11(12)15-5-7-17-8-6-15/h9H,3-8H2,1-2H3,(H2,12,14)(H,13,16). The summed E-state index contributed by atoms with van der Waals surface area (Å²) in [6.45, 7) is 6.79. The van der Waals surface area contributed by atoms with E-state index in [0.29, 0.717) is 19.0 Å². The van der Waals surface area contributed by atoms with E-state index in [1.54, 1.807) is 0 Å². The number of thioether (sulfide) groups is 1. The van der Waals surface area contributed by atoms with Gasteiger partial charge in [0.05, 0.1) is 6.54 Å². The third kappa shape index (κ3) is 5.30. The van der Waals surface area contributed by atoms with Gasteiger partial charge in [-0.25, -0.2) is 0 Å². The molecule has 3 N–H and O–H groups in total. The van der Waals surface area contributed by atoms with Crippen LogP contribution in [0.15, 0.2) is 4.99 Å². The molecule has 0 bridgehead atoms. The average molecular weight is 258 g/mol. The largest absolute Gasteiger partial charge is 0.370 e. The van der Waals surface area contributed by atoms with Crippen molar-refractivity contribution in [2.24, 2.45) is 16.6 Å². The summed E-state index contributed by atoms with van der Waals surface area (Å²) in [6, 6.07) is 0. The third-order valence-electron chi connectivity index (χ3n) is 2.54. The Morgan fingerprint density at radius 3 is 2.71 bits per heavy atom. The van der Waals surface area contributed by atoms with Crippen molar-refractivity contribution >= 4 is 23.6 Å². The second-order valence-electron chi connectivity index (χ2n) is 4.29. The van der Waals surface area contributed by atoms with Crippen molar-refractivity contribution in [2.45, 2.75) is 13.8 Å². The first-order valence-electron chi connectivity index (χ1n) is 6.01. The predicted molar refractivity (Wildman–Crippen MR) is 73.2 cm³/mol. The van der Waals surface area contributed by atoms with Crippen molar-refractivity contribution in [1.29, 1.82) is 0 Å². The van der Waals surface area contributed by atoms with Crippen molar-refractivity contribution in [3.63, 3.8) is 0 Å². The molecule has 17 heavy (non-hydrogen) atoms. The van der Waals surface area contributed by atoms with Crippen LogP contribution in [0.2, 0.25) is 0 Å². The minimum absolute atomic E-state index is 0.0236. The van der Waals surface area contributed by atoms with Gasteiger partial charge in [0.2, 0.25) is 5.91 Å². The highest BCUT2D eigenvalue weighted by atomic mass is 32.2. The lowest BCUT2D eigenvalue weighted by molar-refractivity contribution is -0.123. The quantitative estimate of drug-likeness (QED) is 0.427. The van der Waals surface area contributed by atoms with Gasteiger partial charge in [-0.15, -0.1) is 0 Å². The molecule has 1 aliphatic heterocycles. The van der Waals surface area contributed by atoms with E-state index in [0.717, 1.165) is 24.6 Å². The van der Waals surface area contributed by atoms with E-state index in [4.69, 9.17) is 5.73 Å². The van der Waals surface area contributed by atoms with Crippen molar-refractivity contribution in [3.05, 3.63) is 0 Å². The van der Waals surface area contributed by atoms with E-state index in [1.165, 1.54) is 0 Å². The van der Waals surface area contributed by atoms with Gasteiger partial charge < -0.3 is 16.0 Å². The molecule has 1 amide bonds. The van der Waals surface area contributed by atoms with Gasteiger partial charge in [0.25, 0.3) is 0 Å². The summed E-state index contributed by atoms with van der Waals surface area (Å²) < 4.78 is 0. The summed E-state index contributed by atoms with van der Waals surface area (Å²) >= 11 is 1.94. The number of amides is 1. The summed E-state index contributed by atoms with van der Waals surface area (Å²) in [4.78, 5) is 17.7. The molecule has 98 valence electrons. The van der Waals surface area contributed by atoms with Crippen molar-refractivity contribution in [3.8, 4) is 0 Å². The zero-order valence-corrected chi connectivity index (χ0v) is 11.4. The van der Waals surface area contributed by atoms with E-state index in [-0.39, 0.29) is 11.8 Å². The van der Waals surface area contributed by atoms with Crippen LogP contribution in [0, 0.1) is 5.92 Å². The zero-order chi connectivity index (χ0) is 12.7. The maximum absolute atomic E-state index is 11.3. The van der Waals surface area contributed by atoms with Crippen LogP contribution in [-0.2, 0) is 4.79 Å². The van der Waals surface area contributed by atoms with Gasteiger partial charge in [-0.1, -0.05) is 13.8 Å². The molecule has 1 fully saturated rings. The fraction of sp³-hybridized carbons (Fsp3) is 0.818. The van der Waals surface area contributed by atoms with Gasteiger partial charge in [-0.05, 0) is 0 Å². The Labute approximate surface area is 107 Å². The first kappa shape index (κ1) is 14.2. The lowest BCUT2D eigenvalue weighted by Gasteiger charge is -2.27. The number of nitrogens with two attached hydrogens (primary N) is 1. The number of carbonyl (C=O) groups is 1. The Bertz CT molecular complexity index is 275. The van der Waals surface area contributed by atoms with Crippen molar-refractivity contribution in [1.82, 2.24) is 10.2 Å². The van der Waals surface area contributed by atoms with Gasteiger partial charge in [-0.3, -0.25) is 9.79 Å². The Morgan fingerprint density at radius 2 is 2.12 bits per heavy atom. The number of nitrogens with one attached hydrogen (secondary N) is 1. The number of carbonyl (C=O) groups excluding carboxylic acids is 1. The van der Waals surface area contributed by atoms with E-state index in [1.807, 2.05) is 25.6 Å². The van der Waals surface area contributed by atoms with E-state index in [2.05, 4.69) is 15.2 Å². The first-order chi connectivity index (χ1) is 8.11. The number of hydrogen-bond donors (Lipinski definition) is 2. The van der Waals surface area contributed by atoms with Crippen molar-refractivity contribution < 1.29 is 4.79 Å². The van der Waals surface area contributed by atoms with Crippen LogP contribution in [0.3, 0.4) is 0 Å². The van der Waals surface area contributed by atoms with Crippen molar-refractivity contribution in [2.75, 3.05) is 37.7 Å². The number of hydrogen-bond acceptors (Lipinski definition) is 3. The van der Waals surface area contributed by atoms with Crippen LogP contribution in [0.4, 0.5) is 0 Å². The molecule has 1 saturated heterocycles. The predicted octanol–water partition coefficient (Wildman–Crippen LogP) is 0.122. The molecule has 0 aromatic carbocycles. The minimum atomic E-state index is 0.0236. The molecular weight excluding hydrogens is 236 g/mol. The highest BCUT2D eigenvalue weighted by molar-refractivity contribution is 7.99. The molecule has 0 aromatic rings. The number of rotatable bonds is 4. The summed E-state index contributed by atoms with van der Waals surface area (Å²) in [5, 5.41) is 2.82. The first-order valence-corrected chi connectivity index (χ1v) is 7.17. The van der Waals surface area contributed by atoms with Crippen LogP contribution in [-0.4, -0.2) is 54.5 Å². The Balaban J connectivity index is 2.21. The highest BCUT2D eigenvalue weighted by Gasteiger charge is 2.11. The maximum Gasteiger partial charge on any atom is 0.222 e. The third-order valence-corrected chi connectivity index (χ3v) is 3.49.